The highest BCUT2D eigenvalue weighted by atomic mass is 79.9. The second-order valence-corrected chi connectivity index (χ2v) is 8.53. The highest BCUT2D eigenvalue weighted by Gasteiger charge is 2.13. The highest BCUT2D eigenvalue weighted by Crippen LogP contribution is 2.32. The molecule has 0 aliphatic rings. The van der Waals surface area contributed by atoms with Crippen LogP contribution in [0.2, 0.25) is 0 Å². The summed E-state index contributed by atoms with van der Waals surface area (Å²) in [6, 6.07) is 10.5. The van der Waals surface area contributed by atoms with Gasteiger partial charge in [-0.15, -0.1) is 0 Å². The number of hydrogen-bond donors (Lipinski definition) is 3. The van der Waals surface area contributed by atoms with Crippen LogP contribution in [0.3, 0.4) is 0 Å². The number of ketones is 1. The normalized spacial score (nSPS) is 9.66. The third kappa shape index (κ3) is 7.16. The molecule has 3 rings (SSSR count). The molecular weight excluding hydrogens is 612 g/mol. The van der Waals surface area contributed by atoms with Crippen LogP contribution in [0.5, 0.6) is 5.75 Å². The van der Waals surface area contributed by atoms with Crippen LogP contribution in [0.15, 0.2) is 37.6 Å². The van der Waals surface area contributed by atoms with E-state index in [9.17, 15) is 9.90 Å². The van der Waals surface area contributed by atoms with Crippen LogP contribution in [0.25, 0.3) is 11.0 Å². The summed E-state index contributed by atoms with van der Waals surface area (Å²) in [6.07, 6.45) is 0. The van der Waals surface area contributed by atoms with Crippen LogP contribution in [0.4, 0.5) is 0 Å². The van der Waals surface area contributed by atoms with E-state index in [1.54, 1.807) is 12.1 Å². The van der Waals surface area contributed by atoms with Crippen LogP contribution in [0, 0.1) is 29.6 Å². The number of alkyl halides is 1. The standard InChI is InChI=1S/C11H8BrNO2.C9H9BrO3.C2H2BrN/c1-6-8-2-7(5-14)3-9(12)11(8)15-10(6)4-13;1-5(12)7-2-6(4-11)3-8(10)9(7)13;3-1-2-4/h2-3,14H,5H2,1H3;2-3,11,13H,4H2,1H3;1H2. The second kappa shape index (κ2) is 13.4. The maximum absolute atomic E-state index is 11.0. The Hall–Kier alpha value is -2.21. The number of halogens is 3. The zero-order valence-corrected chi connectivity index (χ0v) is 21.9. The maximum atomic E-state index is 11.0. The Morgan fingerprint density at radius 1 is 1.06 bits per heavy atom. The van der Waals surface area contributed by atoms with Gasteiger partial charge in [-0.2, -0.15) is 10.5 Å². The van der Waals surface area contributed by atoms with Gasteiger partial charge >= 0.3 is 0 Å². The largest absolute Gasteiger partial charge is 0.506 e. The van der Waals surface area contributed by atoms with Crippen molar-refractivity contribution in [1.82, 2.24) is 0 Å². The Labute approximate surface area is 210 Å². The Kier molecular flexibility index (Phi) is 11.6. The number of aliphatic hydroxyl groups is 2. The Morgan fingerprint density at radius 3 is 2.06 bits per heavy atom. The van der Waals surface area contributed by atoms with Crippen LogP contribution in [-0.2, 0) is 13.2 Å². The zero-order valence-electron chi connectivity index (χ0n) is 17.1. The fraction of sp³-hybridized carbons (Fsp3) is 0.227. The zero-order chi connectivity index (χ0) is 24.4. The van der Waals surface area contributed by atoms with E-state index in [0.29, 0.717) is 26.7 Å². The van der Waals surface area contributed by atoms with Gasteiger partial charge in [-0.1, -0.05) is 15.9 Å². The van der Waals surface area contributed by atoms with Crippen LogP contribution >= 0.6 is 47.8 Å². The lowest BCUT2D eigenvalue weighted by Crippen LogP contribution is -1.96. The number of phenolic OH excluding ortho intramolecular Hbond substituents is 1. The first kappa shape index (κ1) is 27.8. The van der Waals surface area contributed by atoms with Gasteiger partial charge in [-0.25, -0.2) is 0 Å². The molecule has 1 heterocycles. The van der Waals surface area contributed by atoms with E-state index in [-0.39, 0.29) is 30.3 Å². The fourth-order valence-corrected chi connectivity index (χ4v) is 3.64. The average Bonchev–Trinajstić information content (AvgIpc) is 3.12. The van der Waals surface area contributed by atoms with Crippen molar-refractivity contribution in [2.24, 2.45) is 0 Å². The van der Waals surface area contributed by atoms with Crippen molar-refractivity contribution in [2.45, 2.75) is 27.1 Å². The lowest BCUT2D eigenvalue weighted by atomic mass is 10.1. The number of carbonyl (C=O) groups excluding carboxylic acids is 1. The summed E-state index contributed by atoms with van der Waals surface area (Å²) < 4.78 is 6.57. The first-order chi connectivity index (χ1) is 15.1. The maximum Gasteiger partial charge on any atom is 0.207 e. The number of aromatic hydroxyl groups is 1. The number of nitriles is 2. The van der Waals surface area contributed by atoms with Crippen molar-refractivity contribution in [1.29, 1.82) is 10.5 Å². The van der Waals surface area contributed by atoms with Crippen molar-refractivity contribution in [2.75, 3.05) is 5.33 Å². The number of nitrogens with zero attached hydrogens (tertiary/aromatic N) is 2. The van der Waals surface area contributed by atoms with Gasteiger partial charge in [0.15, 0.2) is 5.78 Å². The van der Waals surface area contributed by atoms with Gasteiger partial charge in [0.25, 0.3) is 0 Å². The number of carbonyl (C=O) groups is 1. The first-order valence-electron chi connectivity index (χ1n) is 8.93. The van der Waals surface area contributed by atoms with Gasteiger partial charge in [-0.3, -0.25) is 4.79 Å². The first-order valence-corrected chi connectivity index (χ1v) is 11.6. The van der Waals surface area contributed by atoms with Gasteiger partial charge in [-0.05, 0) is 81.1 Å². The van der Waals surface area contributed by atoms with E-state index in [0.717, 1.165) is 21.0 Å². The molecular formula is C22H19Br3N2O5. The third-order valence-corrected chi connectivity index (χ3v) is 5.53. The summed E-state index contributed by atoms with van der Waals surface area (Å²) in [6.45, 7) is 3.01. The van der Waals surface area contributed by atoms with Crippen LogP contribution in [-0.4, -0.2) is 26.4 Å². The molecule has 0 fully saturated rings. The molecule has 10 heteroatoms. The molecule has 0 aliphatic carbocycles. The SMILES string of the molecule is CC(=O)c1cc(CO)cc(Br)c1O.Cc1c(C#N)oc2c(Br)cc(CO)cc12.N#CCBr. The molecule has 0 amide bonds. The number of hydrogen-bond acceptors (Lipinski definition) is 7. The van der Waals surface area contributed by atoms with Crippen LogP contribution < -0.4 is 0 Å². The molecule has 0 radical (unpaired) electrons. The van der Waals surface area contributed by atoms with Gasteiger partial charge in [0, 0.05) is 10.9 Å². The van der Waals surface area contributed by atoms with Gasteiger partial charge in [0.1, 0.15) is 17.4 Å². The molecule has 0 saturated carbocycles. The minimum absolute atomic E-state index is 0.0267. The molecule has 0 saturated heterocycles. The molecule has 0 spiro atoms. The molecule has 32 heavy (non-hydrogen) atoms. The fourth-order valence-electron chi connectivity index (χ4n) is 2.55. The van der Waals surface area contributed by atoms with E-state index in [2.05, 4.69) is 47.8 Å². The summed E-state index contributed by atoms with van der Waals surface area (Å²) in [4.78, 5) is 11.0. The predicted octanol–water partition coefficient (Wildman–Crippen LogP) is 5.62. The van der Waals surface area contributed by atoms with Crippen LogP contribution in [0.1, 0.15) is 39.7 Å². The van der Waals surface area contributed by atoms with Crippen molar-refractivity contribution >= 4 is 64.5 Å². The molecule has 3 aromatic rings. The molecule has 7 nitrogen and oxygen atoms in total. The quantitative estimate of drug-likeness (QED) is 0.252. The Balaban J connectivity index is 0.000000277. The highest BCUT2D eigenvalue weighted by molar-refractivity contribution is 9.11. The van der Waals surface area contributed by atoms with Crippen molar-refractivity contribution in [3.05, 3.63) is 61.2 Å². The van der Waals surface area contributed by atoms with Gasteiger partial charge < -0.3 is 19.7 Å². The number of aryl methyl sites for hydroxylation is 1. The topological polar surface area (TPSA) is 138 Å². The molecule has 0 unspecified atom stereocenters. The smallest absolute Gasteiger partial charge is 0.207 e. The monoisotopic (exact) mass is 628 g/mol. The third-order valence-electron chi connectivity index (χ3n) is 4.08. The van der Waals surface area contributed by atoms with Crippen molar-refractivity contribution in [3.8, 4) is 17.9 Å². The number of rotatable bonds is 3. The number of fused-ring (bicyclic) bond motifs is 1. The molecule has 168 valence electrons. The second-order valence-electron chi connectivity index (χ2n) is 6.26. The molecule has 0 aliphatic heterocycles. The lowest BCUT2D eigenvalue weighted by Gasteiger charge is -2.05. The van der Waals surface area contributed by atoms with Crippen molar-refractivity contribution in [3.63, 3.8) is 0 Å². The molecule has 0 atom stereocenters. The number of aliphatic hydroxyl groups excluding tert-OH is 2. The predicted molar refractivity (Wildman–Crippen MR) is 130 cm³/mol. The number of benzene rings is 2. The minimum Gasteiger partial charge on any atom is -0.506 e. The summed E-state index contributed by atoms with van der Waals surface area (Å²) in [5.41, 5.74) is 3.07. The average molecular weight is 631 g/mol. The van der Waals surface area contributed by atoms with E-state index < -0.39 is 0 Å². The van der Waals surface area contributed by atoms with E-state index >= 15 is 0 Å². The Bertz CT molecular complexity index is 1190. The summed E-state index contributed by atoms with van der Waals surface area (Å²) in [5, 5.41) is 45.1. The summed E-state index contributed by atoms with van der Waals surface area (Å²) in [7, 11) is 0. The number of Topliss-reactive ketones (excluding diaryl/α,β-unsaturated/α-hetero) is 1. The lowest BCUT2D eigenvalue weighted by molar-refractivity contribution is 0.101. The molecule has 2 aromatic carbocycles. The minimum atomic E-state index is -0.228. The van der Waals surface area contributed by atoms with E-state index in [1.807, 2.05) is 25.1 Å². The van der Waals surface area contributed by atoms with Gasteiger partial charge in [0.05, 0.1) is 39.1 Å². The van der Waals surface area contributed by atoms with E-state index in [4.69, 9.17) is 25.2 Å². The molecule has 0 bridgehead atoms. The number of phenols is 1. The van der Waals surface area contributed by atoms with Crippen molar-refractivity contribution < 1.29 is 24.5 Å². The molecule has 3 N–H and O–H groups in total. The summed E-state index contributed by atoms with van der Waals surface area (Å²) in [5.74, 6) is 0.0130. The molecule has 1 aromatic heterocycles. The number of furan rings is 1. The Morgan fingerprint density at radius 2 is 1.59 bits per heavy atom. The van der Waals surface area contributed by atoms with Gasteiger partial charge in [0.2, 0.25) is 5.76 Å². The summed E-state index contributed by atoms with van der Waals surface area (Å²) >= 11 is 9.33. The van der Waals surface area contributed by atoms with E-state index in [1.165, 1.54) is 13.0 Å².